The number of phenols is 1. The van der Waals surface area contributed by atoms with Gasteiger partial charge in [0.25, 0.3) is 0 Å². The highest BCUT2D eigenvalue weighted by Gasteiger charge is 2.32. The van der Waals surface area contributed by atoms with Crippen LogP contribution < -0.4 is 5.32 Å². The van der Waals surface area contributed by atoms with Crippen LogP contribution in [-0.2, 0) is 11.2 Å². The molecule has 2 rings (SSSR count). The molecule has 0 bridgehead atoms. The number of phenolic OH excluding ortho intramolecular Hbond substituents is 1. The van der Waals surface area contributed by atoms with E-state index in [1.165, 1.54) is 12.0 Å². The number of rotatable bonds is 6. The second-order valence-electron chi connectivity index (χ2n) is 5.63. The van der Waals surface area contributed by atoms with Gasteiger partial charge in [-0.05, 0) is 55.3 Å². The van der Waals surface area contributed by atoms with Gasteiger partial charge >= 0.3 is 0 Å². The predicted octanol–water partition coefficient (Wildman–Crippen LogP) is 2.73. The zero-order valence-electron chi connectivity index (χ0n) is 11.8. The molecule has 19 heavy (non-hydrogen) atoms. The van der Waals surface area contributed by atoms with E-state index in [9.17, 15) is 5.11 Å². The smallest absolute Gasteiger partial charge is 0.115 e. The Morgan fingerprint density at radius 1 is 1.21 bits per heavy atom. The predicted molar refractivity (Wildman–Crippen MR) is 77.5 cm³/mol. The van der Waals surface area contributed by atoms with Crippen molar-refractivity contribution in [3.05, 3.63) is 29.8 Å². The maximum atomic E-state index is 9.37. The Kier molecular flexibility index (Phi) is 5.23. The number of aromatic hydroxyl groups is 1. The molecule has 0 amide bonds. The van der Waals surface area contributed by atoms with E-state index < -0.39 is 0 Å². The molecule has 1 heterocycles. The van der Waals surface area contributed by atoms with Crippen molar-refractivity contribution in [3.63, 3.8) is 0 Å². The molecule has 3 nitrogen and oxygen atoms in total. The minimum Gasteiger partial charge on any atom is -0.508 e. The Bertz CT molecular complexity index is 369. The third kappa shape index (κ3) is 4.22. The molecule has 106 valence electrons. The minimum absolute atomic E-state index is 0.310. The van der Waals surface area contributed by atoms with E-state index in [1.54, 1.807) is 12.1 Å². The first-order valence-electron chi connectivity index (χ1n) is 7.30. The second kappa shape index (κ2) is 6.92. The van der Waals surface area contributed by atoms with E-state index in [0.717, 1.165) is 45.6 Å². The van der Waals surface area contributed by atoms with Crippen LogP contribution >= 0.6 is 0 Å². The van der Waals surface area contributed by atoms with Gasteiger partial charge in [0, 0.05) is 19.8 Å². The lowest BCUT2D eigenvalue weighted by molar-refractivity contribution is 0.0150. The summed E-state index contributed by atoms with van der Waals surface area (Å²) < 4.78 is 5.52. The molecule has 1 saturated heterocycles. The first-order valence-corrected chi connectivity index (χ1v) is 7.30. The third-order valence-electron chi connectivity index (χ3n) is 4.00. The average molecular weight is 263 g/mol. The Morgan fingerprint density at radius 2 is 1.89 bits per heavy atom. The molecule has 0 aliphatic carbocycles. The summed E-state index contributed by atoms with van der Waals surface area (Å²) in [4.78, 5) is 0. The van der Waals surface area contributed by atoms with Crippen molar-refractivity contribution in [2.24, 2.45) is 5.41 Å². The molecule has 1 aliphatic rings. The zero-order chi connectivity index (χ0) is 13.6. The first kappa shape index (κ1) is 14.4. The van der Waals surface area contributed by atoms with E-state index in [1.807, 2.05) is 12.1 Å². The SMILES string of the molecule is CCCNCC1(Cc2ccc(O)cc2)CCOCC1. The van der Waals surface area contributed by atoms with Crippen LogP contribution in [0.1, 0.15) is 31.7 Å². The molecule has 1 aliphatic heterocycles. The van der Waals surface area contributed by atoms with Gasteiger partial charge in [0.05, 0.1) is 0 Å². The monoisotopic (exact) mass is 263 g/mol. The van der Waals surface area contributed by atoms with Crippen LogP contribution in [0.15, 0.2) is 24.3 Å². The van der Waals surface area contributed by atoms with Crippen molar-refractivity contribution < 1.29 is 9.84 Å². The molecule has 1 aromatic carbocycles. The number of nitrogens with one attached hydrogen (secondary N) is 1. The van der Waals surface area contributed by atoms with Gasteiger partial charge in [-0.15, -0.1) is 0 Å². The Labute approximate surface area is 116 Å². The summed E-state index contributed by atoms with van der Waals surface area (Å²) in [6.07, 6.45) is 4.47. The van der Waals surface area contributed by atoms with Gasteiger partial charge < -0.3 is 15.2 Å². The van der Waals surface area contributed by atoms with E-state index in [2.05, 4.69) is 12.2 Å². The highest BCUT2D eigenvalue weighted by Crippen LogP contribution is 2.34. The Balaban J connectivity index is 2.01. The van der Waals surface area contributed by atoms with Crippen molar-refractivity contribution in [2.45, 2.75) is 32.6 Å². The minimum atomic E-state index is 0.310. The van der Waals surface area contributed by atoms with Crippen molar-refractivity contribution in [1.82, 2.24) is 5.32 Å². The number of benzene rings is 1. The third-order valence-corrected chi connectivity index (χ3v) is 4.00. The van der Waals surface area contributed by atoms with Crippen LogP contribution in [0.5, 0.6) is 5.75 Å². The zero-order valence-corrected chi connectivity index (χ0v) is 11.8. The number of ether oxygens (including phenoxy) is 1. The molecule has 3 heteroatoms. The van der Waals surface area contributed by atoms with Gasteiger partial charge in [0.2, 0.25) is 0 Å². The molecule has 0 atom stereocenters. The molecule has 0 saturated carbocycles. The molecule has 0 unspecified atom stereocenters. The lowest BCUT2D eigenvalue weighted by atomic mass is 9.75. The molecule has 1 fully saturated rings. The van der Waals surface area contributed by atoms with Gasteiger partial charge in [-0.25, -0.2) is 0 Å². The van der Waals surface area contributed by atoms with Crippen LogP contribution in [0.4, 0.5) is 0 Å². The molecule has 0 spiro atoms. The second-order valence-corrected chi connectivity index (χ2v) is 5.63. The quantitative estimate of drug-likeness (QED) is 0.775. The van der Waals surface area contributed by atoms with Gasteiger partial charge in [-0.3, -0.25) is 0 Å². The fourth-order valence-electron chi connectivity index (χ4n) is 2.80. The van der Waals surface area contributed by atoms with Gasteiger partial charge in [0.1, 0.15) is 5.75 Å². The van der Waals surface area contributed by atoms with E-state index in [0.29, 0.717) is 11.2 Å². The molecule has 0 radical (unpaired) electrons. The fraction of sp³-hybridized carbons (Fsp3) is 0.625. The number of hydrogen-bond donors (Lipinski definition) is 2. The first-order chi connectivity index (χ1) is 9.24. The largest absolute Gasteiger partial charge is 0.508 e. The van der Waals surface area contributed by atoms with Gasteiger partial charge in [0.15, 0.2) is 0 Å². The van der Waals surface area contributed by atoms with E-state index >= 15 is 0 Å². The summed E-state index contributed by atoms with van der Waals surface area (Å²) in [6, 6.07) is 7.63. The van der Waals surface area contributed by atoms with Crippen LogP contribution in [0.3, 0.4) is 0 Å². The highest BCUT2D eigenvalue weighted by atomic mass is 16.5. The summed E-state index contributed by atoms with van der Waals surface area (Å²) >= 11 is 0. The molecular formula is C16H25NO2. The standard InChI is InChI=1S/C16H25NO2/c1-2-9-17-13-16(7-10-19-11-8-16)12-14-3-5-15(18)6-4-14/h3-6,17-18H,2,7-13H2,1H3. The van der Waals surface area contributed by atoms with Crippen molar-refractivity contribution >= 4 is 0 Å². The molecule has 0 aromatic heterocycles. The van der Waals surface area contributed by atoms with E-state index in [4.69, 9.17) is 4.74 Å². The average Bonchev–Trinajstić information content (AvgIpc) is 2.43. The molecular weight excluding hydrogens is 238 g/mol. The normalized spacial score (nSPS) is 18.4. The van der Waals surface area contributed by atoms with Crippen LogP contribution in [0.25, 0.3) is 0 Å². The van der Waals surface area contributed by atoms with Gasteiger partial charge in [-0.2, -0.15) is 0 Å². The molecule has 2 N–H and O–H groups in total. The van der Waals surface area contributed by atoms with Crippen LogP contribution in [0.2, 0.25) is 0 Å². The molecule has 1 aromatic rings. The lowest BCUT2D eigenvalue weighted by Gasteiger charge is -2.37. The number of hydrogen-bond acceptors (Lipinski definition) is 3. The lowest BCUT2D eigenvalue weighted by Crippen LogP contribution is -2.41. The van der Waals surface area contributed by atoms with Gasteiger partial charge in [-0.1, -0.05) is 19.1 Å². The van der Waals surface area contributed by atoms with Crippen molar-refractivity contribution in [1.29, 1.82) is 0 Å². The summed E-state index contributed by atoms with van der Waals surface area (Å²) in [5.41, 5.74) is 1.61. The maximum Gasteiger partial charge on any atom is 0.115 e. The summed E-state index contributed by atoms with van der Waals surface area (Å²) in [7, 11) is 0. The van der Waals surface area contributed by atoms with Crippen molar-refractivity contribution in [3.8, 4) is 5.75 Å². The van der Waals surface area contributed by atoms with Crippen LogP contribution in [-0.4, -0.2) is 31.4 Å². The topological polar surface area (TPSA) is 41.5 Å². The summed E-state index contributed by atoms with van der Waals surface area (Å²) in [6.45, 7) is 6.07. The highest BCUT2D eigenvalue weighted by molar-refractivity contribution is 5.26. The maximum absolute atomic E-state index is 9.37. The Morgan fingerprint density at radius 3 is 2.53 bits per heavy atom. The summed E-state index contributed by atoms with van der Waals surface area (Å²) in [5.74, 6) is 0.342. The van der Waals surface area contributed by atoms with Crippen LogP contribution in [0, 0.1) is 5.41 Å². The van der Waals surface area contributed by atoms with E-state index in [-0.39, 0.29) is 0 Å². The summed E-state index contributed by atoms with van der Waals surface area (Å²) in [5, 5.41) is 12.9. The Hall–Kier alpha value is -1.06. The fourth-order valence-corrected chi connectivity index (χ4v) is 2.80. The van der Waals surface area contributed by atoms with Crippen molar-refractivity contribution in [2.75, 3.05) is 26.3 Å².